The van der Waals surface area contributed by atoms with Crippen LogP contribution in [0, 0.1) is 0 Å². The minimum absolute atomic E-state index is 0.0571. The van der Waals surface area contributed by atoms with Crippen molar-refractivity contribution in [1.82, 2.24) is 4.72 Å². The first-order valence-electron chi connectivity index (χ1n) is 6.37. The molecule has 1 atom stereocenters. The Morgan fingerprint density at radius 2 is 2.14 bits per heavy atom. The van der Waals surface area contributed by atoms with E-state index in [1.807, 2.05) is 6.92 Å². The molecule has 1 aromatic rings. The van der Waals surface area contributed by atoms with Crippen molar-refractivity contribution in [3.8, 4) is 5.75 Å². The molecule has 0 radical (unpaired) electrons. The van der Waals surface area contributed by atoms with Crippen LogP contribution < -0.4 is 9.46 Å². The SMILES string of the molecule is CCCC(CC(=O)O)NS(=O)(=O)c1ccc(OC)c(Br)c1. The second kappa shape index (κ2) is 7.77. The van der Waals surface area contributed by atoms with Crippen LogP contribution in [0.15, 0.2) is 27.6 Å². The average molecular weight is 380 g/mol. The predicted octanol–water partition coefficient (Wildman–Crippen LogP) is 2.38. The number of hydrogen-bond donors (Lipinski definition) is 2. The average Bonchev–Trinajstić information content (AvgIpc) is 2.37. The highest BCUT2D eigenvalue weighted by Gasteiger charge is 2.22. The molecule has 0 bridgehead atoms. The molecule has 0 heterocycles. The maximum atomic E-state index is 12.3. The van der Waals surface area contributed by atoms with E-state index in [1.165, 1.54) is 25.3 Å². The topological polar surface area (TPSA) is 92.7 Å². The number of methoxy groups -OCH3 is 1. The second-order valence-corrected chi connectivity index (χ2v) is 7.07. The Balaban J connectivity index is 2.98. The molecule has 8 heteroatoms. The maximum absolute atomic E-state index is 12.3. The first-order chi connectivity index (χ1) is 9.80. The van der Waals surface area contributed by atoms with Gasteiger partial charge in [0, 0.05) is 6.04 Å². The van der Waals surface area contributed by atoms with E-state index in [9.17, 15) is 13.2 Å². The molecule has 0 saturated heterocycles. The van der Waals surface area contributed by atoms with Crippen LogP contribution in [0.4, 0.5) is 0 Å². The van der Waals surface area contributed by atoms with Gasteiger partial charge in [-0.1, -0.05) is 13.3 Å². The number of ether oxygens (including phenoxy) is 1. The van der Waals surface area contributed by atoms with Crippen molar-refractivity contribution in [3.63, 3.8) is 0 Å². The van der Waals surface area contributed by atoms with Gasteiger partial charge < -0.3 is 9.84 Å². The molecule has 1 unspecified atom stereocenters. The number of sulfonamides is 1. The number of carbonyl (C=O) groups is 1. The Bertz CT molecular complexity index is 603. The zero-order valence-electron chi connectivity index (χ0n) is 11.8. The Labute approximate surface area is 132 Å². The van der Waals surface area contributed by atoms with E-state index < -0.39 is 22.0 Å². The lowest BCUT2D eigenvalue weighted by Crippen LogP contribution is -2.36. The largest absolute Gasteiger partial charge is 0.496 e. The summed E-state index contributed by atoms with van der Waals surface area (Å²) >= 11 is 3.23. The molecule has 6 nitrogen and oxygen atoms in total. The van der Waals surface area contributed by atoms with Gasteiger partial charge in [-0.3, -0.25) is 4.79 Å². The van der Waals surface area contributed by atoms with E-state index in [0.29, 0.717) is 23.1 Å². The van der Waals surface area contributed by atoms with Crippen LogP contribution in [0.3, 0.4) is 0 Å². The number of carboxylic acids is 1. The number of halogens is 1. The Kier molecular flexibility index (Phi) is 6.63. The monoisotopic (exact) mass is 379 g/mol. The molecule has 0 amide bonds. The molecule has 2 N–H and O–H groups in total. The van der Waals surface area contributed by atoms with Gasteiger partial charge in [-0.25, -0.2) is 13.1 Å². The minimum Gasteiger partial charge on any atom is -0.496 e. The van der Waals surface area contributed by atoms with Crippen LogP contribution in [0.25, 0.3) is 0 Å². The summed E-state index contributed by atoms with van der Waals surface area (Å²) in [5.41, 5.74) is 0. The normalized spacial score (nSPS) is 12.9. The zero-order chi connectivity index (χ0) is 16.0. The van der Waals surface area contributed by atoms with Crippen LogP contribution in [0.2, 0.25) is 0 Å². The lowest BCUT2D eigenvalue weighted by molar-refractivity contribution is -0.137. The first kappa shape index (κ1) is 17.9. The number of carboxylic acid groups (broad SMARTS) is 1. The van der Waals surface area contributed by atoms with Crippen LogP contribution in [-0.2, 0) is 14.8 Å². The van der Waals surface area contributed by atoms with Gasteiger partial charge in [0.25, 0.3) is 0 Å². The first-order valence-corrected chi connectivity index (χ1v) is 8.65. The Morgan fingerprint density at radius 3 is 2.62 bits per heavy atom. The summed E-state index contributed by atoms with van der Waals surface area (Å²) in [5.74, 6) is -0.517. The van der Waals surface area contributed by atoms with E-state index in [-0.39, 0.29) is 11.3 Å². The van der Waals surface area contributed by atoms with Gasteiger partial charge in [-0.05, 0) is 40.5 Å². The van der Waals surface area contributed by atoms with Crippen molar-refractivity contribution in [2.75, 3.05) is 7.11 Å². The van der Waals surface area contributed by atoms with Gasteiger partial charge in [0.2, 0.25) is 10.0 Å². The number of benzene rings is 1. The highest BCUT2D eigenvalue weighted by atomic mass is 79.9. The van der Waals surface area contributed by atoms with Crippen molar-refractivity contribution in [3.05, 3.63) is 22.7 Å². The third kappa shape index (κ3) is 5.29. The van der Waals surface area contributed by atoms with Crippen LogP contribution >= 0.6 is 15.9 Å². The molecule has 0 aromatic heterocycles. The smallest absolute Gasteiger partial charge is 0.304 e. The van der Waals surface area contributed by atoms with Crippen LogP contribution in [0.1, 0.15) is 26.2 Å². The van der Waals surface area contributed by atoms with Crippen molar-refractivity contribution in [2.45, 2.75) is 37.1 Å². The van der Waals surface area contributed by atoms with E-state index in [1.54, 1.807) is 0 Å². The number of nitrogens with one attached hydrogen (secondary N) is 1. The van der Waals surface area contributed by atoms with Gasteiger partial charge in [0.1, 0.15) is 5.75 Å². The summed E-state index contributed by atoms with van der Waals surface area (Å²) in [4.78, 5) is 10.8. The quantitative estimate of drug-likeness (QED) is 0.723. The predicted molar refractivity (Wildman–Crippen MR) is 82.0 cm³/mol. The third-order valence-corrected chi connectivity index (χ3v) is 4.95. The van der Waals surface area contributed by atoms with E-state index in [4.69, 9.17) is 9.84 Å². The molecular formula is C13H18BrNO5S. The summed E-state index contributed by atoms with van der Waals surface area (Å²) in [6.07, 6.45) is 0.903. The van der Waals surface area contributed by atoms with Crippen LogP contribution in [0.5, 0.6) is 5.75 Å². The highest BCUT2D eigenvalue weighted by molar-refractivity contribution is 9.10. The molecule has 1 rings (SSSR count). The Hall–Kier alpha value is -1.12. The van der Waals surface area contributed by atoms with E-state index in [2.05, 4.69) is 20.7 Å². The molecule has 0 fully saturated rings. The molecular weight excluding hydrogens is 362 g/mol. The van der Waals surface area contributed by atoms with Crippen LogP contribution in [-0.4, -0.2) is 32.6 Å². The van der Waals surface area contributed by atoms with Gasteiger partial charge in [-0.15, -0.1) is 0 Å². The number of rotatable bonds is 8. The lowest BCUT2D eigenvalue weighted by atomic mass is 10.1. The summed E-state index contributed by atoms with van der Waals surface area (Å²) in [6.45, 7) is 1.87. The fourth-order valence-electron chi connectivity index (χ4n) is 1.86. The standard InChI is InChI=1S/C13H18BrNO5S/c1-3-4-9(7-13(16)17)15-21(18,19)10-5-6-12(20-2)11(14)8-10/h5-6,8-9,15H,3-4,7H2,1-2H3,(H,16,17). The summed E-state index contributed by atoms with van der Waals surface area (Å²) in [5, 5.41) is 8.83. The van der Waals surface area contributed by atoms with Gasteiger partial charge in [-0.2, -0.15) is 0 Å². The minimum atomic E-state index is -3.77. The van der Waals surface area contributed by atoms with E-state index >= 15 is 0 Å². The molecule has 21 heavy (non-hydrogen) atoms. The number of hydrogen-bond acceptors (Lipinski definition) is 4. The van der Waals surface area contributed by atoms with Gasteiger partial charge >= 0.3 is 5.97 Å². The Morgan fingerprint density at radius 1 is 1.48 bits per heavy atom. The van der Waals surface area contributed by atoms with Gasteiger partial charge in [0.05, 0.1) is 22.9 Å². The maximum Gasteiger partial charge on any atom is 0.304 e. The third-order valence-electron chi connectivity index (χ3n) is 2.81. The second-order valence-electron chi connectivity index (χ2n) is 4.50. The number of aliphatic carboxylic acids is 1. The van der Waals surface area contributed by atoms with Crippen molar-refractivity contribution < 1.29 is 23.1 Å². The molecule has 0 aliphatic carbocycles. The van der Waals surface area contributed by atoms with Crippen molar-refractivity contribution in [1.29, 1.82) is 0 Å². The molecule has 0 aliphatic heterocycles. The fourth-order valence-corrected chi connectivity index (χ4v) is 3.85. The zero-order valence-corrected chi connectivity index (χ0v) is 14.2. The van der Waals surface area contributed by atoms with E-state index in [0.717, 1.165) is 0 Å². The lowest BCUT2D eigenvalue weighted by Gasteiger charge is -2.16. The molecule has 0 saturated carbocycles. The molecule has 1 aromatic carbocycles. The summed E-state index contributed by atoms with van der Waals surface area (Å²) in [7, 11) is -2.29. The summed E-state index contributed by atoms with van der Waals surface area (Å²) < 4.78 is 32.6. The van der Waals surface area contributed by atoms with Crippen molar-refractivity contribution >= 4 is 31.9 Å². The molecule has 0 aliphatic rings. The fraction of sp³-hybridized carbons (Fsp3) is 0.462. The van der Waals surface area contributed by atoms with Gasteiger partial charge in [0.15, 0.2) is 0 Å². The molecule has 118 valence electrons. The highest BCUT2D eigenvalue weighted by Crippen LogP contribution is 2.27. The summed E-state index contributed by atoms with van der Waals surface area (Å²) in [6, 6.07) is 3.74. The van der Waals surface area contributed by atoms with Crippen molar-refractivity contribution in [2.24, 2.45) is 0 Å². The molecule has 0 spiro atoms.